The molecule has 9 nitrogen and oxygen atoms in total. The van der Waals surface area contributed by atoms with Crippen molar-refractivity contribution in [1.29, 1.82) is 0 Å². The van der Waals surface area contributed by atoms with Crippen molar-refractivity contribution in [3.63, 3.8) is 0 Å². The SMILES string of the molecule is CO[C@H](C(=O)N1C(=O)OC[C@@H]1c1ccccc1)[C@@H]1O[C@](O)(CCCCCCO)C(Br)=CC1=O. The lowest BCUT2D eigenvalue weighted by Crippen LogP contribution is -2.55. The van der Waals surface area contributed by atoms with Crippen LogP contribution in [0.1, 0.15) is 43.7 Å². The monoisotopic (exact) mass is 525 g/mol. The van der Waals surface area contributed by atoms with Gasteiger partial charge in [-0.25, -0.2) is 9.69 Å². The van der Waals surface area contributed by atoms with E-state index in [0.29, 0.717) is 18.4 Å². The number of hydrogen-bond donors (Lipinski definition) is 2. The van der Waals surface area contributed by atoms with Gasteiger partial charge in [-0.1, -0.05) is 43.2 Å². The minimum Gasteiger partial charge on any atom is -0.446 e. The van der Waals surface area contributed by atoms with Crippen molar-refractivity contribution in [3.8, 4) is 0 Å². The number of benzene rings is 1. The molecule has 0 bridgehead atoms. The van der Waals surface area contributed by atoms with Gasteiger partial charge in [0.05, 0.1) is 4.48 Å². The Morgan fingerprint density at radius 2 is 1.94 bits per heavy atom. The molecule has 0 radical (unpaired) electrons. The molecule has 4 atom stereocenters. The van der Waals surface area contributed by atoms with Crippen LogP contribution < -0.4 is 0 Å². The van der Waals surface area contributed by atoms with Crippen molar-refractivity contribution < 1.29 is 38.8 Å². The maximum Gasteiger partial charge on any atom is 0.417 e. The van der Waals surface area contributed by atoms with Crippen LogP contribution >= 0.6 is 15.9 Å². The lowest BCUT2D eigenvalue weighted by molar-refractivity contribution is -0.227. The van der Waals surface area contributed by atoms with Crippen LogP contribution in [-0.4, -0.2) is 71.2 Å². The molecular formula is C23H28BrNO8. The zero-order valence-electron chi connectivity index (χ0n) is 18.3. The number of halogens is 1. The van der Waals surface area contributed by atoms with E-state index in [1.54, 1.807) is 24.3 Å². The van der Waals surface area contributed by atoms with Crippen molar-refractivity contribution in [2.75, 3.05) is 20.3 Å². The van der Waals surface area contributed by atoms with Gasteiger partial charge in [-0.05, 0) is 40.4 Å². The normalized spacial score (nSPS) is 26.2. The number of rotatable bonds is 10. The minimum atomic E-state index is -1.82. The fraction of sp³-hybridized carbons (Fsp3) is 0.522. The first-order valence-corrected chi connectivity index (χ1v) is 11.6. The number of carbonyl (C=O) groups is 3. The second-order valence-electron chi connectivity index (χ2n) is 7.97. The molecule has 2 aliphatic rings. The summed E-state index contributed by atoms with van der Waals surface area (Å²) in [4.78, 5) is 39.4. The molecule has 1 fully saturated rings. The first kappa shape index (κ1) is 25.5. The Bertz CT molecular complexity index is 892. The number of unbranched alkanes of at least 4 members (excludes halogenated alkanes) is 3. The predicted molar refractivity (Wildman–Crippen MR) is 120 cm³/mol. The number of amides is 2. The number of nitrogens with zero attached hydrogens (tertiary/aromatic N) is 1. The van der Waals surface area contributed by atoms with Gasteiger partial charge >= 0.3 is 6.09 Å². The van der Waals surface area contributed by atoms with Crippen LogP contribution in [0.3, 0.4) is 0 Å². The Hall–Kier alpha value is -2.11. The van der Waals surface area contributed by atoms with Crippen LogP contribution in [0.25, 0.3) is 0 Å². The highest BCUT2D eigenvalue weighted by Crippen LogP contribution is 2.37. The largest absolute Gasteiger partial charge is 0.446 e. The van der Waals surface area contributed by atoms with Gasteiger partial charge in [0.2, 0.25) is 0 Å². The first-order valence-electron chi connectivity index (χ1n) is 10.8. The van der Waals surface area contributed by atoms with Gasteiger partial charge in [-0.2, -0.15) is 0 Å². The minimum absolute atomic E-state index is 0.0201. The number of ketones is 1. The molecule has 180 valence electrons. The number of aliphatic hydroxyl groups is 2. The average Bonchev–Trinajstić information content (AvgIpc) is 3.19. The number of cyclic esters (lactones) is 1. The van der Waals surface area contributed by atoms with Crippen LogP contribution in [-0.2, 0) is 23.8 Å². The molecule has 2 amide bonds. The topological polar surface area (TPSA) is 123 Å². The molecule has 2 N–H and O–H groups in total. The van der Waals surface area contributed by atoms with Crippen molar-refractivity contribution in [3.05, 3.63) is 46.5 Å². The van der Waals surface area contributed by atoms with Crippen LogP contribution in [0.5, 0.6) is 0 Å². The van der Waals surface area contributed by atoms with Gasteiger partial charge in [0.15, 0.2) is 23.8 Å². The van der Waals surface area contributed by atoms with Crippen molar-refractivity contribution >= 4 is 33.7 Å². The molecule has 1 saturated heterocycles. The average molecular weight is 526 g/mol. The summed E-state index contributed by atoms with van der Waals surface area (Å²) in [5.41, 5.74) is 0.699. The predicted octanol–water partition coefficient (Wildman–Crippen LogP) is 2.60. The van der Waals surface area contributed by atoms with Gasteiger partial charge in [-0.3, -0.25) is 9.59 Å². The first-order chi connectivity index (χ1) is 15.8. The summed E-state index contributed by atoms with van der Waals surface area (Å²) in [6.07, 6.45) is 0.356. The number of ether oxygens (including phenoxy) is 3. The lowest BCUT2D eigenvalue weighted by atomic mass is 9.98. The molecule has 2 aliphatic heterocycles. The Labute approximate surface area is 200 Å². The second-order valence-corrected chi connectivity index (χ2v) is 8.83. The Kier molecular flexibility index (Phi) is 8.77. The van der Waals surface area contributed by atoms with E-state index in [4.69, 9.17) is 19.3 Å². The Balaban J connectivity index is 1.78. The van der Waals surface area contributed by atoms with Gasteiger partial charge in [0.25, 0.3) is 5.91 Å². The quantitative estimate of drug-likeness (QED) is 0.447. The summed E-state index contributed by atoms with van der Waals surface area (Å²) in [5, 5.41) is 19.9. The lowest BCUT2D eigenvalue weighted by Gasteiger charge is -2.38. The van der Waals surface area contributed by atoms with E-state index in [9.17, 15) is 19.5 Å². The van der Waals surface area contributed by atoms with Crippen molar-refractivity contribution in [1.82, 2.24) is 4.90 Å². The summed E-state index contributed by atoms with van der Waals surface area (Å²) in [7, 11) is 1.24. The van der Waals surface area contributed by atoms with Crippen LogP contribution in [0, 0.1) is 0 Å². The third-order valence-corrected chi connectivity index (χ3v) is 6.58. The highest BCUT2D eigenvalue weighted by atomic mass is 79.9. The molecule has 0 saturated carbocycles. The van der Waals surface area contributed by atoms with E-state index < -0.39 is 41.8 Å². The maximum absolute atomic E-state index is 13.4. The van der Waals surface area contributed by atoms with E-state index in [0.717, 1.165) is 17.7 Å². The molecule has 2 heterocycles. The number of carbonyl (C=O) groups excluding carboxylic acids is 3. The van der Waals surface area contributed by atoms with Crippen molar-refractivity contribution in [2.24, 2.45) is 0 Å². The second kappa shape index (κ2) is 11.3. The highest BCUT2D eigenvalue weighted by molar-refractivity contribution is 9.11. The molecule has 3 rings (SSSR count). The molecule has 10 heteroatoms. The molecule has 0 spiro atoms. The summed E-state index contributed by atoms with van der Waals surface area (Å²) in [6, 6.07) is 8.25. The third kappa shape index (κ3) is 5.70. The molecule has 0 aromatic heterocycles. The fourth-order valence-electron chi connectivity index (χ4n) is 3.94. The molecule has 33 heavy (non-hydrogen) atoms. The molecular weight excluding hydrogens is 498 g/mol. The maximum atomic E-state index is 13.4. The molecule has 1 aromatic rings. The molecule has 1 aromatic carbocycles. The summed E-state index contributed by atoms with van der Waals surface area (Å²) in [5.74, 6) is -3.18. The third-order valence-electron chi connectivity index (χ3n) is 5.74. The Morgan fingerprint density at radius 1 is 1.24 bits per heavy atom. The Morgan fingerprint density at radius 3 is 2.61 bits per heavy atom. The summed E-state index contributed by atoms with van der Waals surface area (Å²) < 4.78 is 16.3. The van der Waals surface area contributed by atoms with E-state index >= 15 is 0 Å². The smallest absolute Gasteiger partial charge is 0.417 e. The number of hydrogen-bond acceptors (Lipinski definition) is 8. The van der Waals surface area contributed by atoms with E-state index in [2.05, 4.69) is 15.9 Å². The van der Waals surface area contributed by atoms with Gasteiger partial charge in [0, 0.05) is 20.1 Å². The van der Waals surface area contributed by atoms with E-state index in [1.807, 2.05) is 6.07 Å². The van der Waals surface area contributed by atoms with Crippen LogP contribution in [0.2, 0.25) is 0 Å². The number of methoxy groups -OCH3 is 1. The summed E-state index contributed by atoms with van der Waals surface area (Å²) in [6.45, 7) is 0.0786. The molecule has 0 aliphatic carbocycles. The van der Waals surface area contributed by atoms with Crippen LogP contribution in [0.4, 0.5) is 4.79 Å². The number of imide groups is 1. The van der Waals surface area contributed by atoms with Crippen molar-refractivity contribution in [2.45, 2.75) is 56.1 Å². The van der Waals surface area contributed by atoms with Crippen LogP contribution in [0.15, 0.2) is 40.9 Å². The standard InChI is InChI=1S/C23H28BrNO8/c1-31-20(21(28)25-16(14-32-22(25)29)15-9-5-4-6-10-15)19-17(27)13-18(24)23(30,33-19)11-7-2-3-8-12-26/h4-6,9-10,13,16,19-20,26,30H,2-3,7-8,11-12,14H2,1H3/t16-,19-,20+,23-/m1/s1. The van der Waals surface area contributed by atoms with E-state index in [-0.39, 0.29) is 24.1 Å². The highest BCUT2D eigenvalue weighted by Gasteiger charge is 2.50. The van der Waals surface area contributed by atoms with Gasteiger partial charge in [0.1, 0.15) is 12.6 Å². The zero-order chi connectivity index (χ0) is 24.0. The summed E-state index contributed by atoms with van der Waals surface area (Å²) >= 11 is 3.20. The molecule has 0 unspecified atom stereocenters. The van der Waals surface area contributed by atoms with Gasteiger partial charge < -0.3 is 24.4 Å². The number of aliphatic hydroxyl groups excluding tert-OH is 1. The van der Waals surface area contributed by atoms with E-state index in [1.165, 1.54) is 13.2 Å². The zero-order valence-corrected chi connectivity index (χ0v) is 19.9. The fourth-order valence-corrected chi connectivity index (χ4v) is 4.46. The van der Waals surface area contributed by atoms with Gasteiger partial charge in [-0.15, -0.1) is 0 Å².